The van der Waals surface area contributed by atoms with Gasteiger partial charge < -0.3 is 14.9 Å². The third-order valence-corrected chi connectivity index (χ3v) is 2.68. The van der Waals surface area contributed by atoms with Crippen LogP contribution in [0.25, 0.3) is 11.1 Å². The number of hydrogen-bond donors (Lipinski definition) is 1. The predicted molar refractivity (Wildman–Crippen MR) is 69.2 cm³/mol. The zero-order chi connectivity index (χ0) is 13.1. The average molecular weight is 242 g/mol. The molecule has 1 heterocycles. The number of aryl methyl sites for hydroxylation is 1. The van der Waals surface area contributed by atoms with Gasteiger partial charge in [0.25, 0.3) is 0 Å². The molecule has 0 fully saturated rings. The Morgan fingerprint density at radius 2 is 2.00 bits per heavy atom. The Bertz CT molecular complexity index is 591. The number of nitrogen functional groups attached to an aromatic ring is 1. The van der Waals surface area contributed by atoms with Crippen LogP contribution in [0.5, 0.6) is 5.75 Å². The highest BCUT2D eigenvalue weighted by Crippen LogP contribution is 2.34. The third kappa shape index (κ3) is 2.03. The van der Waals surface area contributed by atoms with Gasteiger partial charge in [0.2, 0.25) is 5.88 Å². The van der Waals surface area contributed by atoms with E-state index in [9.17, 15) is 0 Å². The number of rotatable bonds is 3. The highest BCUT2D eigenvalue weighted by atomic mass is 16.5. The van der Waals surface area contributed by atoms with E-state index in [0.29, 0.717) is 17.9 Å². The summed E-state index contributed by atoms with van der Waals surface area (Å²) in [5.74, 6) is 1.61. The maximum absolute atomic E-state index is 9.10. The fourth-order valence-corrected chi connectivity index (χ4v) is 1.91. The summed E-state index contributed by atoms with van der Waals surface area (Å²) in [4.78, 5) is 0. The molecule has 2 N–H and O–H groups in total. The highest BCUT2D eigenvalue weighted by Gasteiger charge is 2.17. The Kier molecular flexibility index (Phi) is 3.24. The van der Waals surface area contributed by atoms with E-state index in [1.54, 1.807) is 6.92 Å². The van der Waals surface area contributed by atoms with Crippen molar-refractivity contribution in [3.8, 4) is 22.9 Å². The van der Waals surface area contributed by atoms with Crippen molar-refractivity contribution in [3.63, 3.8) is 0 Å². The first-order valence-electron chi connectivity index (χ1n) is 5.69. The summed E-state index contributed by atoms with van der Waals surface area (Å²) < 4.78 is 10.7. The summed E-state index contributed by atoms with van der Waals surface area (Å²) in [7, 11) is 0. The van der Waals surface area contributed by atoms with Gasteiger partial charge >= 0.3 is 0 Å². The molecule has 0 saturated heterocycles. The minimum atomic E-state index is 0.166. The Morgan fingerprint density at radius 3 is 2.56 bits per heavy atom. The molecule has 2 rings (SSSR count). The van der Waals surface area contributed by atoms with Crippen molar-refractivity contribution in [1.29, 1.82) is 5.26 Å². The van der Waals surface area contributed by atoms with Crippen LogP contribution in [0.3, 0.4) is 0 Å². The lowest BCUT2D eigenvalue weighted by molar-refractivity contribution is 0.340. The van der Waals surface area contributed by atoms with E-state index >= 15 is 0 Å². The number of ether oxygens (including phenoxy) is 1. The average Bonchev–Trinajstić information content (AvgIpc) is 2.65. The SMILES string of the molecule is CCOc1ccc(-c2c(C)oc(N)c2C#N)cc1. The topological polar surface area (TPSA) is 72.2 Å². The highest BCUT2D eigenvalue weighted by molar-refractivity contribution is 5.77. The van der Waals surface area contributed by atoms with Crippen molar-refractivity contribution in [1.82, 2.24) is 0 Å². The number of furan rings is 1. The lowest BCUT2D eigenvalue weighted by Crippen LogP contribution is -1.91. The van der Waals surface area contributed by atoms with E-state index in [-0.39, 0.29) is 5.88 Å². The van der Waals surface area contributed by atoms with Crippen molar-refractivity contribution >= 4 is 5.88 Å². The first kappa shape index (κ1) is 12.1. The summed E-state index contributed by atoms with van der Waals surface area (Å²) >= 11 is 0. The van der Waals surface area contributed by atoms with Gasteiger partial charge in [-0.2, -0.15) is 5.26 Å². The van der Waals surface area contributed by atoms with Crippen LogP contribution in [0, 0.1) is 18.3 Å². The smallest absolute Gasteiger partial charge is 0.209 e. The van der Waals surface area contributed by atoms with Gasteiger partial charge in [0.15, 0.2) is 0 Å². The minimum Gasteiger partial charge on any atom is -0.494 e. The molecule has 1 aromatic carbocycles. The Morgan fingerprint density at radius 1 is 1.33 bits per heavy atom. The molecule has 4 heteroatoms. The number of hydrogen-bond acceptors (Lipinski definition) is 4. The number of nitrogens with two attached hydrogens (primary N) is 1. The predicted octanol–water partition coefficient (Wildman–Crippen LogP) is 3.11. The van der Waals surface area contributed by atoms with Gasteiger partial charge in [-0.25, -0.2) is 0 Å². The van der Waals surface area contributed by atoms with E-state index in [4.69, 9.17) is 20.1 Å². The van der Waals surface area contributed by atoms with E-state index in [0.717, 1.165) is 16.9 Å². The van der Waals surface area contributed by atoms with E-state index in [2.05, 4.69) is 6.07 Å². The Labute approximate surface area is 106 Å². The molecule has 0 unspecified atom stereocenters. The molecular weight excluding hydrogens is 228 g/mol. The van der Waals surface area contributed by atoms with Gasteiger partial charge in [-0.15, -0.1) is 0 Å². The van der Waals surface area contributed by atoms with Crippen LogP contribution >= 0.6 is 0 Å². The van der Waals surface area contributed by atoms with Gasteiger partial charge in [0, 0.05) is 5.56 Å². The molecule has 18 heavy (non-hydrogen) atoms. The summed E-state index contributed by atoms with van der Waals surface area (Å²) in [5.41, 5.74) is 7.68. The van der Waals surface area contributed by atoms with Crippen molar-refractivity contribution in [3.05, 3.63) is 35.6 Å². The number of anilines is 1. The van der Waals surface area contributed by atoms with Crippen molar-refractivity contribution in [2.24, 2.45) is 0 Å². The van der Waals surface area contributed by atoms with Crippen LogP contribution in [-0.2, 0) is 0 Å². The lowest BCUT2D eigenvalue weighted by atomic mass is 10.0. The van der Waals surface area contributed by atoms with Crippen LogP contribution in [0.4, 0.5) is 5.88 Å². The van der Waals surface area contributed by atoms with Gasteiger partial charge in [-0.05, 0) is 31.5 Å². The second kappa shape index (κ2) is 4.84. The third-order valence-electron chi connectivity index (χ3n) is 2.68. The minimum absolute atomic E-state index is 0.166. The quantitative estimate of drug-likeness (QED) is 0.897. The molecule has 1 aromatic heterocycles. The Hall–Kier alpha value is -2.41. The van der Waals surface area contributed by atoms with Gasteiger partial charge in [-0.1, -0.05) is 12.1 Å². The standard InChI is InChI=1S/C14H14N2O2/c1-3-17-11-6-4-10(5-7-11)13-9(2)18-14(16)12(13)8-15/h4-7H,3,16H2,1-2H3. The van der Waals surface area contributed by atoms with Crippen LogP contribution in [0.2, 0.25) is 0 Å². The fourth-order valence-electron chi connectivity index (χ4n) is 1.91. The monoisotopic (exact) mass is 242 g/mol. The number of nitriles is 1. The summed E-state index contributed by atoms with van der Waals surface area (Å²) in [5, 5.41) is 9.10. The molecule has 4 nitrogen and oxygen atoms in total. The second-order valence-electron chi connectivity index (χ2n) is 3.84. The van der Waals surface area contributed by atoms with E-state index in [1.807, 2.05) is 31.2 Å². The van der Waals surface area contributed by atoms with E-state index in [1.165, 1.54) is 0 Å². The molecule has 0 bridgehead atoms. The Balaban J connectivity index is 2.46. The zero-order valence-electron chi connectivity index (χ0n) is 10.4. The number of benzene rings is 1. The molecule has 92 valence electrons. The molecule has 0 radical (unpaired) electrons. The molecule has 0 atom stereocenters. The summed E-state index contributed by atoms with van der Waals surface area (Å²) in [6.07, 6.45) is 0. The van der Waals surface area contributed by atoms with Crippen molar-refractivity contribution < 1.29 is 9.15 Å². The van der Waals surface area contributed by atoms with Crippen LogP contribution in [-0.4, -0.2) is 6.61 Å². The largest absolute Gasteiger partial charge is 0.494 e. The molecule has 0 aliphatic carbocycles. The van der Waals surface area contributed by atoms with Gasteiger partial charge in [-0.3, -0.25) is 0 Å². The molecule has 0 spiro atoms. The summed E-state index contributed by atoms with van der Waals surface area (Å²) in [6, 6.07) is 9.58. The molecular formula is C14H14N2O2. The molecule has 0 amide bonds. The zero-order valence-corrected chi connectivity index (χ0v) is 10.4. The van der Waals surface area contributed by atoms with E-state index < -0.39 is 0 Å². The van der Waals surface area contributed by atoms with Crippen LogP contribution in [0.15, 0.2) is 28.7 Å². The summed E-state index contributed by atoms with van der Waals surface area (Å²) in [6.45, 7) is 4.35. The van der Waals surface area contributed by atoms with Crippen molar-refractivity contribution in [2.75, 3.05) is 12.3 Å². The maximum atomic E-state index is 9.10. The molecule has 2 aromatic rings. The van der Waals surface area contributed by atoms with Gasteiger partial charge in [0.05, 0.1) is 6.61 Å². The normalized spacial score (nSPS) is 10.1. The second-order valence-corrected chi connectivity index (χ2v) is 3.84. The lowest BCUT2D eigenvalue weighted by Gasteiger charge is -2.04. The van der Waals surface area contributed by atoms with Gasteiger partial charge in [0.1, 0.15) is 23.1 Å². The molecule has 0 aliphatic rings. The number of nitrogens with zero attached hydrogens (tertiary/aromatic N) is 1. The van der Waals surface area contributed by atoms with Crippen LogP contribution in [0.1, 0.15) is 18.2 Å². The molecule has 0 saturated carbocycles. The van der Waals surface area contributed by atoms with Crippen molar-refractivity contribution in [2.45, 2.75) is 13.8 Å². The van der Waals surface area contributed by atoms with Crippen LogP contribution < -0.4 is 10.5 Å². The maximum Gasteiger partial charge on any atom is 0.209 e. The first-order chi connectivity index (χ1) is 8.67. The fraction of sp³-hybridized carbons (Fsp3) is 0.214. The first-order valence-corrected chi connectivity index (χ1v) is 5.69. The molecule has 0 aliphatic heterocycles.